The first-order chi connectivity index (χ1) is 6.29. The summed E-state index contributed by atoms with van der Waals surface area (Å²) in [5.74, 6) is 0.0253. The monoisotopic (exact) mass is 234 g/mol. The van der Waals surface area contributed by atoms with E-state index in [1.807, 2.05) is 0 Å². The lowest BCUT2D eigenvalue weighted by atomic mass is 10.3. The third kappa shape index (κ3) is 5.96. The van der Waals surface area contributed by atoms with E-state index in [1.165, 1.54) is 12.5 Å². The summed E-state index contributed by atoms with van der Waals surface area (Å²) in [6.07, 6.45) is 0. The number of carbonyl (C=O) groups excluding carboxylic acids is 1. The molecule has 0 fully saturated rings. The Labute approximate surface area is 94.3 Å². The summed E-state index contributed by atoms with van der Waals surface area (Å²) in [5.41, 5.74) is 1.30. The fraction of sp³-hybridized carbons (Fsp3) is 0.444. The summed E-state index contributed by atoms with van der Waals surface area (Å²) in [6.45, 7) is 3.91. The summed E-state index contributed by atoms with van der Waals surface area (Å²) in [7, 11) is 0. The summed E-state index contributed by atoms with van der Waals surface area (Å²) in [5, 5.41) is 10.1. The maximum Gasteiger partial charge on any atom is 0.216 e. The van der Waals surface area contributed by atoms with E-state index in [1.54, 1.807) is 11.3 Å². The normalized spacial score (nSPS) is 9.21. The zero-order valence-electron chi connectivity index (χ0n) is 8.08. The first kappa shape index (κ1) is 13.4. The Hall–Kier alpha value is -0.580. The predicted molar refractivity (Wildman–Crippen MR) is 62.0 cm³/mol. The van der Waals surface area contributed by atoms with E-state index < -0.39 is 0 Å². The Kier molecular flexibility index (Phi) is 7.47. The summed E-state index contributed by atoms with van der Waals surface area (Å²) < 4.78 is 0. The van der Waals surface area contributed by atoms with Gasteiger partial charge in [0.05, 0.1) is 0 Å². The van der Waals surface area contributed by atoms with Crippen LogP contribution in [0.2, 0.25) is 0 Å². The molecule has 0 aliphatic carbocycles. The van der Waals surface area contributed by atoms with Gasteiger partial charge in [0.25, 0.3) is 0 Å². The minimum atomic E-state index is 0. The molecule has 1 rings (SSSR count). The van der Waals surface area contributed by atoms with Gasteiger partial charge < -0.3 is 10.6 Å². The van der Waals surface area contributed by atoms with Crippen LogP contribution in [0.5, 0.6) is 0 Å². The van der Waals surface area contributed by atoms with Crippen molar-refractivity contribution in [3.8, 4) is 0 Å². The second-order valence-corrected chi connectivity index (χ2v) is 3.57. The molecule has 14 heavy (non-hydrogen) atoms. The largest absolute Gasteiger partial charge is 0.355 e. The molecule has 2 N–H and O–H groups in total. The Bertz CT molecular complexity index is 251. The van der Waals surface area contributed by atoms with Gasteiger partial charge >= 0.3 is 0 Å². The van der Waals surface area contributed by atoms with Crippen LogP contribution in [-0.4, -0.2) is 19.0 Å². The van der Waals surface area contributed by atoms with Crippen LogP contribution in [-0.2, 0) is 11.3 Å². The van der Waals surface area contributed by atoms with Crippen molar-refractivity contribution in [1.29, 1.82) is 0 Å². The number of carbonyl (C=O) groups is 1. The van der Waals surface area contributed by atoms with Gasteiger partial charge in [-0.05, 0) is 22.4 Å². The van der Waals surface area contributed by atoms with Crippen LogP contribution in [0.4, 0.5) is 0 Å². The first-order valence-corrected chi connectivity index (χ1v) is 5.19. The molecule has 0 aromatic carbocycles. The van der Waals surface area contributed by atoms with E-state index in [4.69, 9.17) is 0 Å². The van der Waals surface area contributed by atoms with E-state index in [9.17, 15) is 4.79 Å². The van der Waals surface area contributed by atoms with Crippen molar-refractivity contribution in [2.24, 2.45) is 0 Å². The van der Waals surface area contributed by atoms with Crippen molar-refractivity contribution in [2.75, 3.05) is 13.1 Å². The molecule has 1 aromatic rings. The number of hydrogen-bond donors (Lipinski definition) is 2. The van der Waals surface area contributed by atoms with Crippen LogP contribution in [0.15, 0.2) is 16.8 Å². The molecule has 0 spiro atoms. The van der Waals surface area contributed by atoms with Crippen molar-refractivity contribution in [3.05, 3.63) is 22.4 Å². The highest BCUT2D eigenvalue weighted by Gasteiger charge is 1.92. The van der Waals surface area contributed by atoms with Crippen molar-refractivity contribution in [1.82, 2.24) is 10.6 Å². The van der Waals surface area contributed by atoms with Gasteiger partial charge in [0.1, 0.15) is 0 Å². The molecule has 0 saturated carbocycles. The number of amides is 1. The molecule has 1 heterocycles. The highest BCUT2D eigenvalue weighted by Crippen LogP contribution is 2.04. The molecule has 5 heteroatoms. The van der Waals surface area contributed by atoms with Crippen LogP contribution < -0.4 is 10.6 Å². The van der Waals surface area contributed by atoms with Crippen molar-refractivity contribution >= 4 is 29.7 Å². The van der Waals surface area contributed by atoms with E-state index in [2.05, 4.69) is 27.5 Å². The summed E-state index contributed by atoms with van der Waals surface area (Å²) >= 11 is 1.70. The lowest BCUT2D eigenvalue weighted by molar-refractivity contribution is -0.118. The zero-order chi connectivity index (χ0) is 9.52. The number of thiophene rings is 1. The Morgan fingerprint density at radius 1 is 1.50 bits per heavy atom. The zero-order valence-corrected chi connectivity index (χ0v) is 9.71. The minimum absolute atomic E-state index is 0. The van der Waals surface area contributed by atoms with E-state index >= 15 is 0 Å². The van der Waals surface area contributed by atoms with Gasteiger partial charge in [0.2, 0.25) is 5.91 Å². The molecule has 80 valence electrons. The van der Waals surface area contributed by atoms with Crippen molar-refractivity contribution in [2.45, 2.75) is 13.5 Å². The number of hydrogen-bond acceptors (Lipinski definition) is 3. The molecule has 3 nitrogen and oxygen atoms in total. The van der Waals surface area contributed by atoms with Crippen molar-refractivity contribution in [3.63, 3.8) is 0 Å². The lowest BCUT2D eigenvalue weighted by Gasteiger charge is -2.03. The quantitative estimate of drug-likeness (QED) is 0.757. The maximum absolute atomic E-state index is 10.5. The lowest BCUT2D eigenvalue weighted by Crippen LogP contribution is -2.29. The van der Waals surface area contributed by atoms with E-state index in [0.717, 1.165) is 13.1 Å². The van der Waals surface area contributed by atoms with E-state index in [-0.39, 0.29) is 18.3 Å². The predicted octanol–water partition coefficient (Wildman–Crippen LogP) is 1.40. The highest BCUT2D eigenvalue weighted by atomic mass is 35.5. The van der Waals surface area contributed by atoms with E-state index in [0.29, 0.717) is 6.54 Å². The van der Waals surface area contributed by atoms with Crippen LogP contribution in [0, 0.1) is 0 Å². The molecule has 0 saturated heterocycles. The Balaban J connectivity index is 0.00000169. The van der Waals surface area contributed by atoms with Gasteiger partial charge in [0.15, 0.2) is 0 Å². The fourth-order valence-corrected chi connectivity index (χ4v) is 1.62. The molecule has 0 atom stereocenters. The maximum atomic E-state index is 10.5. The van der Waals surface area contributed by atoms with Crippen LogP contribution in [0.3, 0.4) is 0 Å². The molecule has 1 amide bonds. The molecule has 0 aliphatic heterocycles. The second kappa shape index (κ2) is 7.79. The average Bonchev–Trinajstić information content (AvgIpc) is 2.55. The Morgan fingerprint density at radius 2 is 2.29 bits per heavy atom. The van der Waals surface area contributed by atoms with Gasteiger partial charge in [-0.3, -0.25) is 4.79 Å². The van der Waals surface area contributed by atoms with Gasteiger partial charge in [0, 0.05) is 26.6 Å². The third-order valence-electron chi connectivity index (χ3n) is 1.58. The molecule has 1 aromatic heterocycles. The summed E-state index contributed by atoms with van der Waals surface area (Å²) in [4.78, 5) is 10.5. The average molecular weight is 235 g/mol. The SMILES string of the molecule is CC(=O)NCCNCc1ccsc1.Cl. The van der Waals surface area contributed by atoms with Crippen LogP contribution >= 0.6 is 23.7 Å². The standard InChI is InChI=1S/C9H14N2OS.ClH/c1-8(12)11-4-3-10-6-9-2-5-13-7-9;/h2,5,7,10H,3-4,6H2,1H3,(H,11,12);1H. The molecular formula is C9H15ClN2OS. The second-order valence-electron chi connectivity index (χ2n) is 2.79. The van der Waals surface area contributed by atoms with Crippen LogP contribution in [0.1, 0.15) is 12.5 Å². The Morgan fingerprint density at radius 3 is 2.86 bits per heavy atom. The minimum Gasteiger partial charge on any atom is -0.355 e. The molecule has 0 unspecified atom stereocenters. The number of halogens is 1. The summed E-state index contributed by atoms with van der Waals surface area (Å²) in [6, 6.07) is 2.09. The van der Waals surface area contributed by atoms with Gasteiger partial charge in [-0.2, -0.15) is 11.3 Å². The molecule has 0 radical (unpaired) electrons. The van der Waals surface area contributed by atoms with Crippen molar-refractivity contribution < 1.29 is 4.79 Å². The smallest absolute Gasteiger partial charge is 0.216 e. The van der Waals surface area contributed by atoms with Gasteiger partial charge in [-0.1, -0.05) is 0 Å². The molecular weight excluding hydrogens is 220 g/mol. The number of rotatable bonds is 5. The molecule has 0 aliphatic rings. The highest BCUT2D eigenvalue weighted by molar-refractivity contribution is 7.07. The first-order valence-electron chi connectivity index (χ1n) is 4.25. The third-order valence-corrected chi connectivity index (χ3v) is 2.32. The van der Waals surface area contributed by atoms with Gasteiger partial charge in [-0.15, -0.1) is 12.4 Å². The topological polar surface area (TPSA) is 41.1 Å². The molecule has 0 bridgehead atoms. The van der Waals surface area contributed by atoms with Gasteiger partial charge in [-0.25, -0.2) is 0 Å². The fourth-order valence-electron chi connectivity index (χ4n) is 0.953. The van der Waals surface area contributed by atoms with Crippen LogP contribution in [0.25, 0.3) is 0 Å². The number of nitrogens with one attached hydrogen (secondary N) is 2.